The molecule has 0 aliphatic carbocycles. The molecular formula is C17H32IN5S. The van der Waals surface area contributed by atoms with Crippen LogP contribution in [0.25, 0.3) is 0 Å². The second kappa shape index (κ2) is 12.1. The molecule has 0 atom stereocenters. The molecule has 1 saturated heterocycles. The highest BCUT2D eigenvalue weighted by atomic mass is 127. The Kier molecular flexibility index (Phi) is 10.9. The zero-order valence-corrected chi connectivity index (χ0v) is 18.3. The van der Waals surface area contributed by atoms with Gasteiger partial charge >= 0.3 is 0 Å². The SMILES string of the molecule is CCNC(=NCc1ccc(C)s1)NCCN1CCCN(C)CC1.I. The van der Waals surface area contributed by atoms with E-state index in [0.29, 0.717) is 0 Å². The summed E-state index contributed by atoms with van der Waals surface area (Å²) in [5, 5.41) is 6.80. The second-order valence-corrected chi connectivity index (χ2v) is 7.51. The molecule has 1 fully saturated rings. The lowest BCUT2D eigenvalue weighted by atomic mass is 10.4. The third kappa shape index (κ3) is 8.13. The Hall–Kier alpha value is -0.380. The van der Waals surface area contributed by atoms with E-state index in [-0.39, 0.29) is 24.0 Å². The molecule has 0 spiro atoms. The van der Waals surface area contributed by atoms with Crippen LogP contribution in [-0.4, -0.2) is 68.6 Å². The summed E-state index contributed by atoms with van der Waals surface area (Å²) in [5.41, 5.74) is 0. The lowest BCUT2D eigenvalue weighted by Crippen LogP contribution is -2.42. The van der Waals surface area contributed by atoms with Crippen molar-refractivity contribution < 1.29 is 0 Å². The number of aliphatic imine (C=N–C) groups is 1. The van der Waals surface area contributed by atoms with Crippen LogP contribution in [0, 0.1) is 6.92 Å². The van der Waals surface area contributed by atoms with E-state index in [1.54, 1.807) is 0 Å². The van der Waals surface area contributed by atoms with Gasteiger partial charge in [-0.15, -0.1) is 35.3 Å². The molecule has 1 aromatic rings. The molecule has 0 radical (unpaired) electrons. The van der Waals surface area contributed by atoms with Crippen molar-refractivity contribution >= 4 is 41.3 Å². The fraction of sp³-hybridized carbons (Fsp3) is 0.706. The number of hydrogen-bond donors (Lipinski definition) is 2. The monoisotopic (exact) mass is 465 g/mol. The van der Waals surface area contributed by atoms with Crippen molar-refractivity contribution in [3.8, 4) is 0 Å². The largest absolute Gasteiger partial charge is 0.357 e. The van der Waals surface area contributed by atoms with E-state index in [1.165, 1.54) is 42.4 Å². The number of likely N-dealkylation sites (N-methyl/N-ethyl adjacent to an activating group) is 1. The standard InChI is InChI=1S/C17H31N5S.HI/c1-4-18-17(20-14-16-7-6-15(2)23-16)19-8-11-22-10-5-9-21(3)12-13-22;/h6-7H,4-5,8-14H2,1-3H3,(H2,18,19,20);1H. The van der Waals surface area contributed by atoms with Crippen LogP contribution in [0.2, 0.25) is 0 Å². The lowest BCUT2D eigenvalue weighted by Gasteiger charge is -2.21. The normalized spacial score (nSPS) is 17.2. The topological polar surface area (TPSA) is 42.9 Å². The highest BCUT2D eigenvalue weighted by molar-refractivity contribution is 14.0. The molecular weight excluding hydrogens is 433 g/mol. The van der Waals surface area contributed by atoms with Gasteiger partial charge in [0.2, 0.25) is 0 Å². The Balaban J connectivity index is 0.00000288. The Morgan fingerprint density at radius 2 is 2.04 bits per heavy atom. The first kappa shape index (κ1) is 21.7. The molecule has 1 aromatic heterocycles. The number of hydrogen-bond acceptors (Lipinski definition) is 4. The van der Waals surface area contributed by atoms with Crippen LogP contribution in [0.5, 0.6) is 0 Å². The first-order valence-corrected chi connectivity index (χ1v) is 9.47. The Morgan fingerprint density at radius 1 is 1.21 bits per heavy atom. The van der Waals surface area contributed by atoms with Crippen molar-refractivity contribution in [2.24, 2.45) is 4.99 Å². The van der Waals surface area contributed by atoms with Crippen LogP contribution in [0.15, 0.2) is 17.1 Å². The van der Waals surface area contributed by atoms with Crippen LogP contribution in [0.3, 0.4) is 0 Å². The smallest absolute Gasteiger partial charge is 0.191 e. The van der Waals surface area contributed by atoms with E-state index in [0.717, 1.165) is 32.1 Å². The molecule has 1 aliphatic rings. The molecule has 2 N–H and O–H groups in total. The minimum Gasteiger partial charge on any atom is -0.357 e. The van der Waals surface area contributed by atoms with Crippen molar-refractivity contribution in [2.75, 3.05) is 52.9 Å². The molecule has 0 saturated carbocycles. The van der Waals surface area contributed by atoms with E-state index in [1.807, 2.05) is 11.3 Å². The van der Waals surface area contributed by atoms with Gasteiger partial charge in [-0.3, -0.25) is 0 Å². The Labute approximate surface area is 167 Å². The molecule has 0 bridgehead atoms. The quantitative estimate of drug-likeness (QED) is 0.385. The summed E-state index contributed by atoms with van der Waals surface area (Å²) < 4.78 is 0. The van der Waals surface area contributed by atoms with Crippen molar-refractivity contribution in [1.29, 1.82) is 0 Å². The number of halogens is 1. The third-order valence-corrected chi connectivity index (χ3v) is 5.05. The number of rotatable bonds is 6. The predicted molar refractivity (Wildman–Crippen MR) is 116 cm³/mol. The van der Waals surface area contributed by atoms with E-state index in [2.05, 4.69) is 58.5 Å². The number of aryl methyl sites for hydroxylation is 1. The van der Waals surface area contributed by atoms with Gasteiger partial charge in [-0.05, 0) is 52.5 Å². The van der Waals surface area contributed by atoms with E-state index in [4.69, 9.17) is 0 Å². The highest BCUT2D eigenvalue weighted by Gasteiger charge is 2.11. The molecule has 2 rings (SSSR count). The van der Waals surface area contributed by atoms with Crippen LogP contribution >= 0.6 is 35.3 Å². The summed E-state index contributed by atoms with van der Waals surface area (Å²) >= 11 is 1.82. The molecule has 138 valence electrons. The maximum absolute atomic E-state index is 4.69. The number of nitrogens with zero attached hydrogens (tertiary/aromatic N) is 3. The molecule has 24 heavy (non-hydrogen) atoms. The van der Waals surface area contributed by atoms with Gasteiger partial charge in [0.15, 0.2) is 5.96 Å². The molecule has 7 heteroatoms. The van der Waals surface area contributed by atoms with Crippen LogP contribution in [-0.2, 0) is 6.54 Å². The van der Waals surface area contributed by atoms with E-state index in [9.17, 15) is 0 Å². The summed E-state index contributed by atoms with van der Waals surface area (Å²) in [4.78, 5) is 12.3. The predicted octanol–water partition coefficient (Wildman–Crippen LogP) is 2.37. The Morgan fingerprint density at radius 3 is 2.75 bits per heavy atom. The van der Waals surface area contributed by atoms with Gasteiger partial charge in [-0.1, -0.05) is 0 Å². The zero-order chi connectivity index (χ0) is 16.5. The maximum Gasteiger partial charge on any atom is 0.191 e. The van der Waals surface area contributed by atoms with Crippen molar-refractivity contribution in [3.63, 3.8) is 0 Å². The molecule has 5 nitrogen and oxygen atoms in total. The van der Waals surface area contributed by atoms with Crippen molar-refractivity contribution in [3.05, 3.63) is 21.9 Å². The van der Waals surface area contributed by atoms with Gasteiger partial charge in [0.1, 0.15) is 0 Å². The fourth-order valence-electron chi connectivity index (χ4n) is 2.72. The number of nitrogens with one attached hydrogen (secondary N) is 2. The van der Waals surface area contributed by atoms with Gasteiger partial charge in [0, 0.05) is 42.5 Å². The Bertz CT molecular complexity index is 491. The van der Waals surface area contributed by atoms with Crippen LogP contribution < -0.4 is 10.6 Å². The number of thiophene rings is 1. The summed E-state index contributed by atoms with van der Waals surface area (Å²) in [6.07, 6.45) is 1.27. The van der Waals surface area contributed by atoms with Crippen molar-refractivity contribution in [1.82, 2.24) is 20.4 Å². The minimum atomic E-state index is 0. The lowest BCUT2D eigenvalue weighted by molar-refractivity contribution is 0.280. The van der Waals surface area contributed by atoms with Gasteiger partial charge < -0.3 is 20.4 Å². The third-order valence-electron chi connectivity index (χ3n) is 4.07. The van der Waals surface area contributed by atoms with Gasteiger partial charge in [-0.2, -0.15) is 0 Å². The average molecular weight is 465 g/mol. The maximum atomic E-state index is 4.69. The van der Waals surface area contributed by atoms with Crippen molar-refractivity contribution in [2.45, 2.75) is 26.8 Å². The molecule has 0 unspecified atom stereocenters. The minimum absolute atomic E-state index is 0. The summed E-state index contributed by atoms with van der Waals surface area (Å²) in [6, 6.07) is 4.33. The van der Waals surface area contributed by atoms with Gasteiger partial charge in [0.05, 0.1) is 6.54 Å². The first-order chi connectivity index (χ1) is 11.2. The molecule has 0 amide bonds. The first-order valence-electron chi connectivity index (χ1n) is 8.65. The van der Waals surface area contributed by atoms with E-state index >= 15 is 0 Å². The highest BCUT2D eigenvalue weighted by Crippen LogP contribution is 2.15. The summed E-state index contributed by atoms with van der Waals surface area (Å²) in [7, 11) is 2.21. The van der Waals surface area contributed by atoms with Crippen LogP contribution in [0.1, 0.15) is 23.1 Å². The van der Waals surface area contributed by atoms with E-state index < -0.39 is 0 Å². The second-order valence-electron chi connectivity index (χ2n) is 6.13. The number of guanidine groups is 1. The summed E-state index contributed by atoms with van der Waals surface area (Å²) in [5.74, 6) is 0.922. The zero-order valence-electron chi connectivity index (χ0n) is 15.2. The summed E-state index contributed by atoms with van der Waals surface area (Å²) in [6.45, 7) is 12.7. The van der Waals surface area contributed by atoms with Gasteiger partial charge in [-0.25, -0.2) is 4.99 Å². The van der Waals surface area contributed by atoms with Crippen LogP contribution in [0.4, 0.5) is 0 Å². The average Bonchev–Trinajstić information content (AvgIpc) is 2.83. The van der Waals surface area contributed by atoms with Gasteiger partial charge in [0.25, 0.3) is 0 Å². The molecule has 2 heterocycles. The fourth-order valence-corrected chi connectivity index (χ4v) is 3.54. The molecule has 0 aromatic carbocycles. The molecule has 1 aliphatic heterocycles.